The predicted octanol–water partition coefficient (Wildman–Crippen LogP) is 1.99. The zero-order valence-corrected chi connectivity index (χ0v) is 12.4. The van der Waals surface area contributed by atoms with Gasteiger partial charge in [-0.3, -0.25) is 4.90 Å². The third-order valence-electron chi connectivity index (χ3n) is 4.58. The van der Waals surface area contributed by atoms with E-state index in [4.69, 9.17) is 4.98 Å². The summed E-state index contributed by atoms with van der Waals surface area (Å²) in [6.07, 6.45) is 3.56. The first-order valence-corrected chi connectivity index (χ1v) is 7.50. The van der Waals surface area contributed by atoms with Gasteiger partial charge in [0.1, 0.15) is 11.4 Å². The van der Waals surface area contributed by atoms with Gasteiger partial charge in [-0.15, -0.1) is 0 Å². The second-order valence-electron chi connectivity index (χ2n) is 6.27. The fourth-order valence-electron chi connectivity index (χ4n) is 3.15. The Labute approximate surface area is 121 Å². The Kier molecular flexibility index (Phi) is 3.39. The standard InChI is InChI=1S/C16H22N4/c1-16(2,12-17)20-10-8-19(9-11-20)15-7-6-13-4-3-5-14(13)18-15/h6-7H,3-5,8-11H2,1-2H3. The molecule has 0 bridgehead atoms. The number of piperazine rings is 1. The van der Waals surface area contributed by atoms with E-state index in [2.05, 4.69) is 28.0 Å². The van der Waals surface area contributed by atoms with E-state index < -0.39 is 0 Å². The molecule has 0 aromatic carbocycles. The van der Waals surface area contributed by atoms with Crippen molar-refractivity contribution < 1.29 is 0 Å². The molecule has 0 amide bonds. The number of nitrogens with zero attached hydrogens (tertiary/aromatic N) is 4. The van der Waals surface area contributed by atoms with Crippen molar-refractivity contribution in [1.29, 1.82) is 5.26 Å². The van der Waals surface area contributed by atoms with Gasteiger partial charge in [0, 0.05) is 31.9 Å². The molecular weight excluding hydrogens is 248 g/mol. The topological polar surface area (TPSA) is 43.2 Å². The van der Waals surface area contributed by atoms with E-state index in [9.17, 15) is 5.26 Å². The first-order chi connectivity index (χ1) is 9.60. The molecule has 0 spiro atoms. The fraction of sp³-hybridized carbons (Fsp3) is 0.625. The number of aryl methyl sites for hydroxylation is 2. The monoisotopic (exact) mass is 270 g/mol. The van der Waals surface area contributed by atoms with E-state index >= 15 is 0 Å². The van der Waals surface area contributed by atoms with Gasteiger partial charge in [0.15, 0.2) is 0 Å². The first kappa shape index (κ1) is 13.4. The number of nitriles is 1. The van der Waals surface area contributed by atoms with Crippen molar-refractivity contribution in [2.45, 2.75) is 38.6 Å². The zero-order chi connectivity index (χ0) is 14.2. The summed E-state index contributed by atoms with van der Waals surface area (Å²) in [4.78, 5) is 9.44. The van der Waals surface area contributed by atoms with Crippen LogP contribution in [0.1, 0.15) is 31.5 Å². The van der Waals surface area contributed by atoms with E-state index in [1.54, 1.807) is 0 Å². The van der Waals surface area contributed by atoms with Crippen LogP contribution in [0.3, 0.4) is 0 Å². The molecule has 0 radical (unpaired) electrons. The van der Waals surface area contributed by atoms with Crippen molar-refractivity contribution >= 4 is 5.82 Å². The molecule has 0 N–H and O–H groups in total. The van der Waals surface area contributed by atoms with Crippen molar-refractivity contribution in [3.8, 4) is 6.07 Å². The third kappa shape index (κ3) is 2.38. The molecule has 0 atom stereocenters. The highest BCUT2D eigenvalue weighted by molar-refractivity contribution is 5.43. The molecule has 2 heterocycles. The molecule has 3 rings (SSSR count). The summed E-state index contributed by atoms with van der Waals surface area (Å²) in [5.74, 6) is 1.11. The molecule has 1 fully saturated rings. The lowest BCUT2D eigenvalue weighted by molar-refractivity contribution is 0.158. The van der Waals surface area contributed by atoms with Crippen LogP contribution in [0.4, 0.5) is 5.82 Å². The summed E-state index contributed by atoms with van der Waals surface area (Å²) < 4.78 is 0. The minimum absolute atomic E-state index is 0.364. The number of rotatable bonds is 2. The van der Waals surface area contributed by atoms with Gasteiger partial charge >= 0.3 is 0 Å². The number of fused-ring (bicyclic) bond motifs is 1. The molecule has 4 heteroatoms. The second kappa shape index (κ2) is 5.06. The number of hydrogen-bond donors (Lipinski definition) is 0. The first-order valence-electron chi connectivity index (χ1n) is 7.50. The smallest absolute Gasteiger partial charge is 0.128 e. The summed E-state index contributed by atoms with van der Waals surface area (Å²) in [7, 11) is 0. The lowest BCUT2D eigenvalue weighted by atomic mass is 10.0. The number of anilines is 1. The number of hydrogen-bond acceptors (Lipinski definition) is 4. The Morgan fingerprint density at radius 2 is 1.90 bits per heavy atom. The van der Waals surface area contributed by atoms with Gasteiger partial charge in [-0.1, -0.05) is 6.07 Å². The van der Waals surface area contributed by atoms with Crippen LogP contribution in [0, 0.1) is 11.3 Å². The van der Waals surface area contributed by atoms with E-state index in [-0.39, 0.29) is 5.54 Å². The molecule has 20 heavy (non-hydrogen) atoms. The van der Waals surface area contributed by atoms with Crippen LogP contribution in [0.2, 0.25) is 0 Å². The Hall–Kier alpha value is -1.60. The lowest BCUT2D eigenvalue weighted by Gasteiger charge is -2.41. The van der Waals surface area contributed by atoms with E-state index in [0.29, 0.717) is 0 Å². The highest BCUT2D eigenvalue weighted by atomic mass is 15.3. The maximum Gasteiger partial charge on any atom is 0.128 e. The molecule has 1 saturated heterocycles. The van der Waals surface area contributed by atoms with Crippen LogP contribution >= 0.6 is 0 Å². The summed E-state index contributed by atoms with van der Waals surface area (Å²) in [5, 5.41) is 9.22. The minimum Gasteiger partial charge on any atom is -0.354 e. The molecule has 4 nitrogen and oxygen atoms in total. The van der Waals surface area contributed by atoms with E-state index in [0.717, 1.165) is 38.4 Å². The summed E-state index contributed by atoms with van der Waals surface area (Å²) in [6, 6.07) is 6.80. The van der Waals surface area contributed by atoms with Crippen LogP contribution < -0.4 is 4.90 Å². The number of pyridine rings is 1. The molecule has 0 unspecified atom stereocenters. The normalized spacial score (nSPS) is 19.8. The largest absolute Gasteiger partial charge is 0.354 e. The second-order valence-corrected chi connectivity index (χ2v) is 6.27. The van der Waals surface area contributed by atoms with Crippen LogP contribution in [-0.2, 0) is 12.8 Å². The summed E-state index contributed by atoms with van der Waals surface area (Å²) in [5.41, 5.74) is 2.36. The molecule has 1 aromatic rings. The Balaban J connectivity index is 1.68. The minimum atomic E-state index is -0.364. The molecule has 2 aliphatic rings. The molecule has 106 valence electrons. The maximum atomic E-state index is 9.22. The SMILES string of the molecule is CC(C)(C#N)N1CCN(c2ccc3c(n2)CCC3)CC1. The van der Waals surface area contributed by atoms with Gasteiger partial charge in [0.05, 0.1) is 6.07 Å². The lowest BCUT2D eigenvalue weighted by Crippen LogP contribution is -2.54. The van der Waals surface area contributed by atoms with Gasteiger partial charge in [0.25, 0.3) is 0 Å². The maximum absolute atomic E-state index is 9.22. The molecule has 0 saturated carbocycles. The van der Waals surface area contributed by atoms with Gasteiger partial charge in [-0.25, -0.2) is 4.98 Å². The van der Waals surface area contributed by atoms with Crippen LogP contribution in [0.15, 0.2) is 12.1 Å². The van der Waals surface area contributed by atoms with Crippen LogP contribution in [-0.4, -0.2) is 41.6 Å². The molecule has 1 aliphatic heterocycles. The van der Waals surface area contributed by atoms with Crippen LogP contribution in [0.25, 0.3) is 0 Å². The zero-order valence-electron chi connectivity index (χ0n) is 12.4. The van der Waals surface area contributed by atoms with Crippen molar-refractivity contribution in [3.05, 3.63) is 23.4 Å². The van der Waals surface area contributed by atoms with Gasteiger partial charge in [0.2, 0.25) is 0 Å². The van der Waals surface area contributed by atoms with Crippen molar-refractivity contribution in [3.63, 3.8) is 0 Å². The number of aromatic nitrogens is 1. The highest BCUT2D eigenvalue weighted by Gasteiger charge is 2.30. The van der Waals surface area contributed by atoms with E-state index in [1.165, 1.54) is 24.1 Å². The Morgan fingerprint density at radius 1 is 1.15 bits per heavy atom. The molecule has 1 aliphatic carbocycles. The molecule has 1 aromatic heterocycles. The third-order valence-corrected chi connectivity index (χ3v) is 4.58. The van der Waals surface area contributed by atoms with E-state index in [1.807, 2.05) is 13.8 Å². The molecular formula is C16H22N4. The van der Waals surface area contributed by atoms with Crippen molar-refractivity contribution in [1.82, 2.24) is 9.88 Å². The van der Waals surface area contributed by atoms with Gasteiger partial charge in [-0.05, 0) is 44.7 Å². The quantitative estimate of drug-likeness (QED) is 0.824. The average Bonchev–Trinajstić information content (AvgIpc) is 2.94. The summed E-state index contributed by atoms with van der Waals surface area (Å²) >= 11 is 0. The van der Waals surface area contributed by atoms with Crippen LogP contribution in [0.5, 0.6) is 0 Å². The van der Waals surface area contributed by atoms with Gasteiger partial charge < -0.3 is 4.90 Å². The van der Waals surface area contributed by atoms with Crippen molar-refractivity contribution in [2.75, 3.05) is 31.1 Å². The van der Waals surface area contributed by atoms with Crippen molar-refractivity contribution in [2.24, 2.45) is 0 Å². The Morgan fingerprint density at radius 3 is 2.60 bits per heavy atom. The fourth-order valence-corrected chi connectivity index (χ4v) is 3.15. The summed E-state index contributed by atoms with van der Waals surface area (Å²) in [6.45, 7) is 7.76. The average molecular weight is 270 g/mol. The highest BCUT2D eigenvalue weighted by Crippen LogP contribution is 2.25. The Bertz CT molecular complexity index is 536. The van der Waals surface area contributed by atoms with Gasteiger partial charge in [-0.2, -0.15) is 5.26 Å². The predicted molar refractivity (Wildman–Crippen MR) is 79.7 cm³/mol.